The minimum Gasteiger partial charge on any atom is -0.370 e. The predicted molar refractivity (Wildman–Crippen MR) is 74.2 cm³/mol. The zero-order valence-corrected chi connectivity index (χ0v) is 12.0. The fourth-order valence-electron chi connectivity index (χ4n) is 1.67. The molecule has 0 bridgehead atoms. The van der Waals surface area contributed by atoms with Crippen molar-refractivity contribution in [2.24, 2.45) is 0 Å². The summed E-state index contributed by atoms with van der Waals surface area (Å²) < 4.78 is 24.2. The average Bonchev–Trinajstić information content (AvgIpc) is 2.27. The van der Waals surface area contributed by atoms with Crippen LogP contribution in [0.3, 0.4) is 0 Å². The zero-order chi connectivity index (χ0) is 13.6. The van der Waals surface area contributed by atoms with Gasteiger partial charge in [-0.1, -0.05) is 13.0 Å². The summed E-state index contributed by atoms with van der Waals surface area (Å²) in [6.45, 7) is 5.54. The van der Waals surface area contributed by atoms with Crippen LogP contribution in [0.1, 0.15) is 19.0 Å². The number of hydrogen-bond donors (Lipinski definition) is 1. The Balaban J connectivity index is 2.35. The Labute approximate surface area is 109 Å². The molecule has 6 heteroatoms. The minimum atomic E-state index is -3.08. The summed E-state index contributed by atoms with van der Waals surface area (Å²) in [7, 11) is -3.08. The molecule has 0 unspecified atom stereocenters. The third-order valence-electron chi connectivity index (χ3n) is 2.60. The van der Waals surface area contributed by atoms with Crippen molar-refractivity contribution < 1.29 is 8.42 Å². The van der Waals surface area contributed by atoms with Crippen LogP contribution in [0, 0.1) is 6.92 Å². The van der Waals surface area contributed by atoms with Gasteiger partial charge in [0.05, 0.1) is 6.26 Å². The quantitative estimate of drug-likeness (QED) is 0.763. The molecule has 102 valence electrons. The predicted octanol–water partition coefficient (Wildman–Crippen LogP) is 1.47. The highest BCUT2D eigenvalue weighted by Gasteiger charge is 2.12. The first kappa shape index (κ1) is 14.9. The van der Waals surface area contributed by atoms with E-state index in [9.17, 15) is 8.42 Å². The molecule has 0 saturated carbocycles. The number of sulfonamides is 1. The lowest BCUT2D eigenvalue weighted by Crippen LogP contribution is -2.31. The Morgan fingerprint density at radius 1 is 1.39 bits per heavy atom. The van der Waals surface area contributed by atoms with E-state index in [1.165, 1.54) is 10.6 Å². The number of pyridine rings is 1. The van der Waals surface area contributed by atoms with Crippen LogP contribution in [-0.4, -0.2) is 43.6 Å². The lowest BCUT2D eigenvalue weighted by atomic mass is 10.3. The van der Waals surface area contributed by atoms with Crippen molar-refractivity contribution in [3.05, 3.63) is 23.9 Å². The van der Waals surface area contributed by atoms with Gasteiger partial charge < -0.3 is 5.32 Å². The van der Waals surface area contributed by atoms with Crippen LogP contribution in [0.25, 0.3) is 0 Å². The van der Waals surface area contributed by atoms with Gasteiger partial charge in [0.15, 0.2) is 0 Å². The standard InChI is InChI=1S/C12H21N3O2S/c1-4-15(18(3,16)17)10-6-9-13-12-8-5-7-11(2)14-12/h5,7-8H,4,6,9-10H2,1-3H3,(H,13,14). The van der Waals surface area contributed by atoms with Gasteiger partial charge >= 0.3 is 0 Å². The maximum Gasteiger partial charge on any atom is 0.211 e. The SMILES string of the molecule is CCN(CCCNc1cccc(C)n1)S(C)(=O)=O. The van der Waals surface area contributed by atoms with E-state index in [1.54, 1.807) is 0 Å². The highest BCUT2D eigenvalue weighted by atomic mass is 32.2. The van der Waals surface area contributed by atoms with E-state index in [0.717, 1.165) is 17.9 Å². The molecule has 0 aliphatic carbocycles. The molecular formula is C12H21N3O2S. The van der Waals surface area contributed by atoms with Crippen molar-refractivity contribution in [2.45, 2.75) is 20.3 Å². The third kappa shape index (κ3) is 5.01. The zero-order valence-electron chi connectivity index (χ0n) is 11.2. The number of anilines is 1. The molecule has 0 fully saturated rings. The van der Waals surface area contributed by atoms with Crippen molar-refractivity contribution in [1.29, 1.82) is 0 Å². The molecule has 1 aromatic heterocycles. The minimum absolute atomic E-state index is 0.515. The molecular weight excluding hydrogens is 250 g/mol. The first-order chi connectivity index (χ1) is 8.43. The van der Waals surface area contributed by atoms with Gasteiger partial charge in [0.2, 0.25) is 10.0 Å². The number of nitrogens with one attached hydrogen (secondary N) is 1. The molecule has 1 aromatic rings. The maximum absolute atomic E-state index is 11.4. The molecule has 0 saturated heterocycles. The Morgan fingerprint density at radius 2 is 2.11 bits per heavy atom. The van der Waals surface area contributed by atoms with Crippen molar-refractivity contribution in [3.8, 4) is 0 Å². The van der Waals surface area contributed by atoms with E-state index in [-0.39, 0.29) is 0 Å². The van der Waals surface area contributed by atoms with Crippen molar-refractivity contribution in [2.75, 3.05) is 31.2 Å². The van der Waals surface area contributed by atoms with Crippen LogP contribution >= 0.6 is 0 Å². The van der Waals surface area contributed by atoms with Crippen molar-refractivity contribution >= 4 is 15.8 Å². The number of nitrogens with zero attached hydrogens (tertiary/aromatic N) is 2. The molecule has 5 nitrogen and oxygen atoms in total. The summed E-state index contributed by atoms with van der Waals surface area (Å²) in [4.78, 5) is 4.32. The summed E-state index contributed by atoms with van der Waals surface area (Å²) >= 11 is 0. The first-order valence-corrected chi connectivity index (χ1v) is 7.91. The Kier molecular flexibility index (Phi) is 5.55. The normalized spacial score (nSPS) is 11.8. The molecule has 1 rings (SSSR count). The molecule has 0 amide bonds. The van der Waals surface area contributed by atoms with Gasteiger partial charge in [0.25, 0.3) is 0 Å². The van der Waals surface area contributed by atoms with Crippen LogP contribution in [-0.2, 0) is 10.0 Å². The Bertz CT molecular complexity index is 474. The molecule has 0 atom stereocenters. The lowest BCUT2D eigenvalue weighted by Gasteiger charge is -2.17. The molecule has 1 heterocycles. The number of rotatable bonds is 7. The van der Waals surface area contributed by atoms with E-state index < -0.39 is 10.0 Å². The summed E-state index contributed by atoms with van der Waals surface area (Å²) in [6.07, 6.45) is 2.00. The van der Waals surface area contributed by atoms with E-state index in [4.69, 9.17) is 0 Å². The molecule has 1 N–H and O–H groups in total. The molecule has 0 spiro atoms. The second-order valence-electron chi connectivity index (χ2n) is 4.20. The summed E-state index contributed by atoms with van der Waals surface area (Å²) in [5, 5.41) is 3.18. The van der Waals surface area contributed by atoms with Gasteiger partial charge in [-0.2, -0.15) is 0 Å². The van der Waals surface area contributed by atoms with Crippen molar-refractivity contribution in [1.82, 2.24) is 9.29 Å². The molecule has 0 radical (unpaired) electrons. The third-order valence-corrected chi connectivity index (χ3v) is 3.98. The second kappa shape index (κ2) is 6.70. The van der Waals surface area contributed by atoms with Crippen LogP contribution in [0.5, 0.6) is 0 Å². The topological polar surface area (TPSA) is 62.3 Å². The van der Waals surface area contributed by atoms with E-state index in [1.807, 2.05) is 32.0 Å². The van der Waals surface area contributed by atoms with Gasteiger partial charge in [0.1, 0.15) is 5.82 Å². The molecule has 0 aliphatic heterocycles. The van der Waals surface area contributed by atoms with E-state index >= 15 is 0 Å². The van der Waals surface area contributed by atoms with E-state index in [2.05, 4.69) is 10.3 Å². The van der Waals surface area contributed by atoms with Crippen LogP contribution in [0.15, 0.2) is 18.2 Å². The van der Waals surface area contributed by atoms with Crippen LogP contribution in [0.4, 0.5) is 5.82 Å². The van der Waals surface area contributed by atoms with Crippen LogP contribution in [0.2, 0.25) is 0 Å². The largest absolute Gasteiger partial charge is 0.370 e. The molecule has 0 aromatic carbocycles. The van der Waals surface area contributed by atoms with Gasteiger partial charge in [-0.3, -0.25) is 0 Å². The van der Waals surface area contributed by atoms with Crippen molar-refractivity contribution in [3.63, 3.8) is 0 Å². The smallest absolute Gasteiger partial charge is 0.211 e. The monoisotopic (exact) mass is 271 g/mol. The summed E-state index contributed by atoms with van der Waals surface area (Å²) in [5.74, 6) is 0.831. The number of aryl methyl sites for hydroxylation is 1. The molecule has 0 aliphatic rings. The average molecular weight is 271 g/mol. The van der Waals surface area contributed by atoms with E-state index in [0.29, 0.717) is 19.6 Å². The summed E-state index contributed by atoms with van der Waals surface area (Å²) in [5.41, 5.74) is 0.964. The van der Waals surface area contributed by atoms with Gasteiger partial charge in [0, 0.05) is 25.3 Å². The van der Waals surface area contributed by atoms with Gasteiger partial charge in [-0.05, 0) is 25.5 Å². The highest BCUT2D eigenvalue weighted by molar-refractivity contribution is 7.88. The fourth-order valence-corrected chi connectivity index (χ4v) is 2.60. The molecule has 18 heavy (non-hydrogen) atoms. The fraction of sp³-hybridized carbons (Fsp3) is 0.583. The highest BCUT2D eigenvalue weighted by Crippen LogP contribution is 2.04. The Hall–Kier alpha value is -1.14. The lowest BCUT2D eigenvalue weighted by molar-refractivity contribution is 0.428. The van der Waals surface area contributed by atoms with Gasteiger partial charge in [-0.15, -0.1) is 0 Å². The second-order valence-corrected chi connectivity index (χ2v) is 6.18. The maximum atomic E-state index is 11.4. The van der Waals surface area contributed by atoms with Gasteiger partial charge in [-0.25, -0.2) is 17.7 Å². The Morgan fingerprint density at radius 3 is 2.67 bits per heavy atom. The first-order valence-electron chi connectivity index (χ1n) is 6.06. The van der Waals surface area contributed by atoms with Crippen LogP contribution < -0.4 is 5.32 Å². The number of aromatic nitrogens is 1. The summed E-state index contributed by atoms with van der Waals surface area (Å²) in [6, 6.07) is 5.79. The number of hydrogen-bond acceptors (Lipinski definition) is 4.